The number of rotatable bonds is 11. The molecule has 36 heavy (non-hydrogen) atoms. The zero-order valence-corrected chi connectivity index (χ0v) is 18.9. The van der Waals surface area contributed by atoms with Gasteiger partial charge in [0.2, 0.25) is 5.91 Å². The van der Waals surface area contributed by atoms with Crippen LogP contribution in [0.3, 0.4) is 0 Å². The van der Waals surface area contributed by atoms with Crippen molar-refractivity contribution in [1.82, 2.24) is 10.6 Å². The standard InChI is InChI=1S/C23H24F6N2O5/c1-14(32)13-30-21(34)19(12-15-2-6-18(7-3-15)36-23(27,28)29)31-20(33)16-4-8-17(9-5-16)35-11-10-22(24,25)26/h2-9,14,19,32H,10-13H2,1H3,(H,30,34)(H,31,33). The summed E-state index contributed by atoms with van der Waals surface area (Å²) in [5.74, 6) is -1.68. The first-order chi connectivity index (χ1) is 16.7. The zero-order valence-electron chi connectivity index (χ0n) is 18.9. The van der Waals surface area contributed by atoms with E-state index in [1.165, 1.54) is 43.3 Å². The zero-order chi connectivity index (χ0) is 26.9. The highest BCUT2D eigenvalue weighted by molar-refractivity contribution is 5.97. The van der Waals surface area contributed by atoms with Gasteiger partial charge in [0.05, 0.1) is 19.1 Å². The average molecular weight is 522 g/mol. The molecule has 0 bridgehead atoms. The van der Waals surface area contributed by atoms with Gasteiger partial charge >= 0.3 is 12.5 Å². The highest BCUT2D eigenvalue weighted by atomic mass is 19.4. The summed E-state index contributed by atoms with van der Waals surface area (Å²) >= 11 is 0. The molecule has 0 radical (unpaired) electrons. The monoisotopic (exact) mass is 522 g/mol. The molecule has 2 amide bonds. The molecule has 0 aromatic heterocycles. The summed E-state index contributed by atoms with van der Waals surface area (Å²) in [7, 11) is 0. The van der Waals surface area contributed by atoms with Crippen LogP contribution in [0, 0.1) is 0 Å². The molecule has 2 rings (SSSR count). The van der Waals surface area contributed by atoms with Crippen molar-refractivity contribution >= 4 is 11.8 Å². The lowest BCUT2D eigenvalue weighted by Crippen LogP contribution is -2.49. The smallest absolute Gasteiger partial charge is 0.493 e. The van der Waals surface area contributed by atoms with Crippen LogP contribution in [0.4, 0.5) is 26.3 Å². The largest absolute Gasteiger partial charge is 0.573 e. The van der Waals surface area contributed by atoms with E-state index in [1.54, 1.807) is 0 Å². The van der Waals surface area contributed by atoms with E-state index in [1.807, 2.05) is 0 Å². The number of aliphatic hydroxyl groups is 1. The Kier molecular flexibility index (Phi) is 9.96. The van der Waals surface area contributed by atoms with Gasteiger partial charge in [0.25, 0.3) is 5.91 Å². The highest BCUT2D eigenvalue weighted by Gasteiger charge is 2.31. The Morgan fingerprint density at radius 3 is 2.06 bits per heavy atom. The van der Waals surface area contributed by atoms with E-state index in [0.717, 1.165) is 12.1 Å². The quantitative estimate of drug-likeness (QED) is 0.391. The average Bonchev–Trinajstić information content (AvgIpc) is 2.76. The van der Waals surface area contributed by atoms with E-state index in [2.05, 4.69) is 15.4 Å². The molecule has 2 aromatic rings. The molecule has 0 aliphatic carbocycles. The van der Waals surface area contributed by atoms with Gasteiger partial charge in [0.1, 0.15) is 17.5 Å². The van der Waals surface area contributed by atoms with Crippen LogP contribution in [0.15, 0.2) is 48.5 Å². The van der Waals surface area contributed by atoms with Crippen LogP contribution in [0.25, 0.3) is 0 Å². The van der Waals surface area contributed by atoms with Crippen molar-refractivity contribution in [2.24, 2.45) is 0 Å². The molecule has 0 saturated heterocycles. The van der Waals surface area contributed by atoms with Crippen molar-refractivity contribution in [3.63, 3.8) is 0 Å². The van der Waals surface area contributed by atoms with Gasteiger partial charge in [0.15, 0.2) is 0 Å². The molecule has 198 valence electrons. The van der Waals surface area contributed by atoms with Crippen LogP contribution in [-0.2, 0) is 11.2 Å². The molecular formula is C23H24F6N2O5. The second kappa shape index (κ2) is 12.5. The van der Waals surface area contributed by atoms with Crippen molar-refractivity contribution in [2.75, 3.05) is 13.2 Å². The molecule has 3 N–H and O–H groups in total. The van der Waals surface area contributed by atoms with Crippen LogP contribution in [0.1, 0.15) is 29.3 Å². The van der Waals surface area contributed by atoms with Crippen LogP contribution in [0.2, 0.25) is 0 Å². The van der Waals surface area contributed by atoms with Gasteiger partial charge < -0.3 is 25.2 Å². The Morgan fingerprint density at radius 1 is 0.944 bits per heavy atom. The van der Waals surface area contributed by atoms with E-state index >= 15 is 0 Å². The van der Waals surface area contributed by atoms with E-state index in [4.69, 9.17) is 4.74 Å². The fourth-order valence-electron chi connectivity index (χ4n) is 2.87. The number of carbonyl (C=O) groups excluding carboxylic acids is 2. The van der Waals surface area contributed by atoms with Gasteiger partial charge in [-0.2, -0.15) is 13.2 Å². The molecule has 2 unspecified atom stereocenters. The summed E-state index contributed by atoms with van der Waals surface area (Å²) in [6.07, 6.45) is -11.3. The molecule has 0 aliphatic rings. The predicted molar refractivity (Wildman–Crippen MR) is 115 cm³/mol. The summed E-state index contributed by atoms with van der Waals surface area (Å²) < 4.78 is 82.5. The summed E-state index contributed by atoms with van der Waals surface area (Å²) in [5, 5.41) is 14.4. The van der Waals surface area contributed by atoms with Crippen LogP contribution >= 0.6 is 0 Å². The second-order valence-electron chi connectivity index (χ2n) is 7.75. The van der Waals surface area contributed by atoms with Gasteiger partial charge in [-0.25, -0.2) is 0 Å². The molecule has 13 heteroatoms. The molecule has 7 nitrogen and oxygen atoms in total. The van der Waals surface area contributed by atoms with Gasteiger partial charge in [-0.15, -0.1) is 13.2 Å². The Bertz CT molecular complexity index is 992. The first kappa shape index (κ1) is 28.8. The lowest BCUT2D eigenvalue weighted by molar-refractivity contribution is -0.274. The van der Waals surface area contributed by atoms with E-state index in [-0.39, 0.29) is 24.3 Å². The lowest BCUT2D eigenvalue weighted by atomic mass is 10.0. The molecule has 2 atom stereocenters. The number of alkyl halides is 6. The summed E-state index contributed by atoms with van der Waals surface area (Å²) in [5.41, 5.74) is 0.496. The molecular weight excluding hydrogens is 498 g/mol. The minimum Gasteiger partial charge on any atom is -0.493 e. The molecule has 0 heterocycles. The van der Waals surface area contributed by atoms with Gasteiger partial charge in [-0.05, 0) is 48.9 Å². The van der Waals surface area contributed by atoms with E-state index < -0.39 is 55.3 Å². The molecule has 0 saturated carbocycles. The number of carbonyl (C=O) groups is 2. The number of hydrogen-bond donors (Lipinski definition) is 3. The van der Waals surface area contributed by atoms with Crippen LogP contribution < -0.4 is 20.1 Å². The summed E-state index contributed by atoms with van der Waals surface area (Å²) in [4.78, 5) is 25.3. The van der Waals surface area contributed by atoms with Crippen LogP contribution in [0.5, 0.6) is 11.5 Å². The summed E-state index contributed by atoms with van der Waals surface area (Å²) in [6, 6.07) is 8.76. The Labute approximate surface area is 202 Å². The van der Waals surface area contributed by atoms with Crippen molar-refractivity contribution in [2.45, 2.75) is 44.4 Å². The normalized spacial score (nSPS) is 13.4. The number of amides is 2. The fourth-order valence-corrected chi connectivity index (χ4v) is 2.87. The van der Waals surface area contributed by atoms with E-state index in [9.17, 15) is 41.0 Å². The maximum Gasteiger partial charge on any atom is 0.573 e. The third kappa shape index (κ3) is 10.8. The Balaban J connectivity index is 2.07. The predicted octanol–water partition coefficient (Wildman–Crippen LogP) is 3.75. The van der Waals surface area contributed by atoms with Crippen molar-refractivity contribution in [3.8, 4) is 11.5 Å². The topological polar surface area (TPSA) is 96.9 Å². The third-order valence-corrected chi connectivity index (χ3v) is 4.56. The maximum atomic E-state index is 12.7. The first-order valence-electron chi connectivity index (χ1n) is 10.6. The minimum atomic E-state index is -4.86. The molecule has 0 aliphatic heterocycles. The van der Waals surface area contributed by atoms with Crippen molar-refractivity contribution < 1.29 is 50.5 Å². The number of ether oxygens (including phenoxy) is 2. The fraction of sp³-hybridized carbons (Fsp3) is 0.391. The number of halogens is 6. The van der Waals surface area contributed by atoms with Gasteiger partial charge in [-0.1, -0.05) is 12.1 Å². The minimum absolute atomic E-state index is 0.0837. The Hall–Kier alpha value is -3.48. The molecule has 0 spiro atoms. The van der Waals surface area contributed by atoms with Gasteiger partial charge in [0, 0.05) is 18.5 Å². The highest BCUT2D eigenvalue weighted by Crippen LogP contribution is 2.23. The number of hydrogen-bond acceptors (Lipinski definition) is 5. The molecule has 2 aromatic carbocycles. The van der Waals surface area contributed by atoms with E-state index in [0.29, 0.717) is 5.56 Å². The van der Waals surface area contributed by atoms with Gasteiger partial charge in [-0.3, -0.25) is 9.59 Å². The second-order valence-corrected chi connectivity index (χ2v) is 7.75. The molecule has 0 fully saturated rings. The van der Waals surface area contributed by atoms with Crippen molar-refractivity contribution in [3.05, 3.63) is 59.7 Å². The Morgan fingerprint density at radius 2 is 1.53 bits per heavy atom. The third-order valence-electron chi connectivity index (χ3n) is 4.56. The summed E-state index contributed by atoms with van der Waals surface area (Å²) in [6.45, 7) is 0.743. The number of benzene rings is 2. The number of nitrogens with one attached hydrogen (secondary N) is 2. The lowest BCUT2D eigenvalue weighted by Gasteiger charge is -2.20. The SMILES string of the molecule is CC(O)CNC(=O)C(Cc1ccc(OC(F)(F)F)cc1)NC(=O)c1ccc(OCCC(F)(F)F)cc1. The first-order valence-corrected chi connectivity index (χ1v) is 10.6. The number of aliphatic hydroxyl groups excluding tert-OH is 1. The van der Waals surface area contributed by atoms with Crippen LogP contribution in [-0.4, -0.2) is 54.8 Å². The van der Waals surface area contributed by atoms with Crippen molar-refractivity contribution in [1.29, 1.82) is 0 Å². The maximum absolute atomic E-state index is 12.7.